The minimum absolute atomic E-state index is 0.0143. The third kappa shape index (κ3) is 3.10. The van der Waals surface area contributed by atoms with E-state index in [0.717, 1.165) is 5.56 Å². The highest BCUT2D eigenvalue weighted by Crippen LogP contribution is 2.20. The number of aryl methyl sites for hydroxylation is 1. The summed E-state index contributed by atoms with van der Waals surface area (Å²) < 4.78 is 4.73. The fourth-order valence-electron chi connectivity index (χ4n) is 2.34. The lowest BCUT2D eigenvalue weighted by atomic mass is 9.96. The lowest BCUT2D eigenvalue weighted by molar-refractivity contribution is -0.146. The van der Waals surface area contributed by atoms with E-state index in [-0.39, 0.29) is 17.8 Å². The Morgan fingerprint density at radius 2 is 2.00 bits per heavy atom. The number of aromatic nitrogens is 1. The molecule has 5 heteroatoms. The van der Waals surface area contributed by atoms with Crippen LogP contribution in [-0.2, 0) is 9.53 Å². The molecule has 1 aromatic heterocycles. The molecule has 0 radical (unpaired) electrons. The van der Waals surface area contributed by atoms with Gasteiger partial charge < -0.3 is 9.64 Å². The number of hydrogen-bond acceptors (Lipinski definition) is 4. The lowest BCUT2D eigenvalue weighted by Crippen LogP contribution is -2.40. The number of carbonyl (C=O) groups is 2. The molecule has 0 N–H and O–H groups in total. The Morgan fingerprint density at radius 3 is 2.58 bits per heavy atom. The fourth-order valence-corrected chi connectivity index (χ4v) is 2.34. The first-order valence-electron chi connectivity index (χ1n) is 6.40. The van der Waals surface area contributed by atoms with Crippen LogP contribution in [0.2, 0.25) is 0 Å². The van der Waals surface area contributed by atoms with Crippen molar-refractivity contribution >= 4 is 11.9 Å². The molecule has 2 heterocycles. The summed E-state index contributed by atoms with van der Waals surface area (Å²) in [5.41, 5.74) is 1.58. The van der Waals surface area contributed by atoms with Crippen LogP contribution in [0.15, 0.2) is 18.5 Å². The SMILES string of the molecule is COC(=O)C1CCN(C(=O)c2cncc(C)c2)CC1. The molecule has 2 rings (SSSR count). The summed E-state index contributed by atoms with van der Waals surface area (Å²) in [6, 6.07) is 1.84. The standard InChI is InChI=1S/C14H18N2O3/c1-10-7-12(9-15-8-10)13(17)16-5-3-11(4-6-16)14(18)19-2/h7-9,11H,3-6H2,1-2H3. The van der Waals surface area contributed by atoms with E-state index in [1.165, 1.54) is 7.11 Å². The van der Waals surface area contributed by atoms with Crippen LogP contribution in [0.1, 0.15) is 28.8 Å². The van der Waals surface area contributed by atoms with Crippen molar-refractivity contribution in [2.24, 2.45) is 5.92 Å². The molecular formula is C14H18N2O3. The molecule has 1 fully saturated rings. The van der Waals surface area contributed by atoms with Crippen molar-refractivity contribution in [1.29, 1.82) is 0 Å². The third-order valence-corrected chi connectivity index (χ3v) is 3.44. The second-order valence-electron chi connectivity index (χ2n) is 4.84. The lowest BCUT2D eigenvalue weighted by Gasteiger charge is -2.30. The molecule has 1 aliphatic rings. The largest absolute Gasteiger partial charge is 0.469 e. The van der Waals surface area contributed by atoms with Crippen LogP contribution < -0.4 is 0 Å². The van der Waals surface area contributed by atoms with Crippen LogP contribution in [0.3, 0.4) is 0 Å². The van der Waals surface area contributed by atoms with Crippen molar-refractivity contribution in [2.75, 3.05) is 20.2 Å². The fraction of sp³-hybridized carbons (Fsp3) is 0.500. The molecule has 0 bridgehead atoms. The normalized spacial score (nSPS) is 16.2. The van der Waals surface area contributed by atoms with Crippen molar-refractivity contribution in [3.63, 3.8) is 0 Å². The van der Waals surface area contributed by atoms with Gasteiger partial charge in [0.2, 0.25) is 0 Å². The highest BCUT2D eigenvalue weighted by atomic mass is 16.5. The summed E-state index contributed by atoms with van der Waals surface area (Å²) in [6.07, 6.45) is 4.64. The second-order valence-corrected chi connectivity index (χ2v) is 4.84. The molecule has 0 unspecified atom stereocenters. The zero-order chi connectivity index (χ0) is 13.8. The van der Waals surface area contributed by atoms with Crippen molar-refractivity contribution in [3.8, 4) is 0 Å². The predicted molar refractivity (Wildman–Crippen MR) is 69.6 cm³/mol. The quantitative estimate of drug-likeness (QED) is 0.756. The van der Waals surface area contributed by atoms with E-state index in [4.69, 9.17) is 4.74 Å². The van der Waals surface area contributed by atoms with Gasteiger partial charge in [0.05, 0.1) is 18.6 Å². The summed E-state index contributed by atoms with van der Waals surface area (Å²) in [4.78, 5) is 29.5. The van der Waals surface area contributed by atoms with Crippen molar-refractivity contribution in [2.45, 2.75) is 19.8 Å². The van der Waals surface area contributed by atoms with Gasteiger partial charge in [-0.2, -0.15) is 0 Å². The molecule has 19 heavy (non-hydrogen) atoms. The van der Waals surface area contributed by atoms with Crippen LogP contribution >= 0.6 is 0 Å². The Balaban J connectivity index is 1.98. The van der Waals surface area contributed by atoms with Crippen molar-refractivity contribution in [3.05, 3.63) is 29.6 Å². The van der Waals surface area contributed by atoms with Crippen LogP contribution in [0, 0.1) is 12.8 Å². The van der Waals surface area contributed by atoms with E-state index in [2.05, 4.69) is 4.98 Å². The number of ether oxygens (including phenoxy) is 1. The molecule has 1 saturated heterocycles. The maximum Gasteiger partial charge on any atom is 0.308 e. The molecule has 0 aromatic carbocycles. The first kappa shape index (κ1) is 13.5. The molecule has 1 aromatic rings. The molecule has 0 saturated carbocycles. The van der Waals surface area contributed by atoms with Crippen LogP contribution in [0.5, 0.6) is 0 Å². The van der Waals surface area contributed by atoms with Gasteiger partial charge in [-0.1, -0.05) is 0 Å². The van der Waals surface area contributed by atoms with E-state index < -0.39 is 0 Å². The van der Waals surface area contributed by atoms with Crippen molar-refractivity contribution in [1.82, 2.24) is 9.88 Å². The molecule has 1 aliphatic heterocycles. The van der Waals surface area contributed by atoms with Gasteiger partial charge in [0, 0.05) is 25.5 Å². The first-order chi connectivity index (χ1) is 9.11. The number of piperidine rings is 1. The second kappa shape index (κ2) is 5.82. The average molecular weight is 262 g/mol. The Labute approximate surface area is 112 Å². The summed E-state index contributed by atoms with van der Waals surface area (Å²) in [5, 5.41) is 0. The number of hydrogen-bond donors (Lipinski definition) is 0. The molecular weight excluding hydrogens is 244 g/mol. The first-order valence-corrected chi connectivity index (χ1v) is 6.40. The topological polar surface area (TPSA) is 59.5 Å². The molecule has 1 amide bonds. The highest BCUT2D eigenvalue weighted by Gasteiger charge is 2.28. The van der Waals surface area contributed by atoms with E-state index in [1.54, 1.807) is 17.3 Å². The number of pyridine rings is 1. The summed E-state index contributed by atoms with van der Waals surface area (Å²) >= 11 is 0. The average Bonchev–Trinajstić information content (AvgIpc) is 2.46. The Hall–Kier alpha value is -1.91. The third-order valence-electron chi connectivity index (χ3n) is 3.44. The highest BCUT2D eigenvalue weighted by molar-refractivity contribution is 5.94. The summed E-state index contributed by atoms with van der Waals surface area (Å²) in [6.45, 7) is 3.09. The van der Waals surface area contributed by atoms with Gasteiger partial charge in [-0.3, -0.25) is 14.6 Å². The number of methoxy groups -OCH3 is 1. The molecule has 0 spiro atoms. The molecule has 102 valence electrons. The minimum atomic E-state index is -0.177. The van der Waals surface area contributed by atoms with Gasteiger partial charge in [0.25, 0.3) is 5.91 Å². The van der Waals surface area contributed by atoms with E-state index in [0.29, 0.717) is 31.5 Å². The van der Waals surface area contributed by atoms with Gasteiger partial charge in [0.1, 0.15) is 0 Å². The number of likely N-dealkylation sites (tertiary alicyclic amines) is 1. The number of amides is 1. The Bertz CT molecular complexity index is 479. The molecule has 0 atom stereocenters. The maximum absolute atomic E-state index is 12.3. The minimum Gasteiger partial charge on any atom is -0.469 e. The van der Waals surface area contributed by atoms with Crippen LogP contribution in [0.25, 0.3) is 0 Å². The zero-order valence-corrected chi connectivity index (χ0v) is 11.3. The van der Waals surface area contributed by atoms with Crippen molar-refractivity contribution < 1.29 is 14.3 Å². The van der Waals surface area contributed by atoms with Gasteiger partial charge in [-0.25, -0.2) is 0 Å². The van der Waals surface area contributed by atoms with Gasteiger partial charge >= 0.3 is 5.97 Å². The number of nitrogens with zero attached hydrogens (tertiary/aromatic N) is 2. The van der Waals surface area contributed by atoms with Gasteiger partial charge in [-0.15, -0.1) is 0 Å². The number of esters is 1. The zero-order valence-electron chi connectivity index (χ0n) is 11.3. The molecule has 5 nitrogen and oxygen atoms in total. The summed E-state index contributed by atoms with van der Waals surface area (Å²) in [7, 11) is 1.40. The number of carbonyl (C=O) groups excluding carboxylic acids is 2. The monoisotopic (exact) mass is 262 g/mol. The van der Waals surface area contributed by atoms with Crippen LogP contribution in [-0.4, -0.2) is 42.0 Å². The van der Waals surface area contributed by atoms with E-state index in [1.807, 2.05) is 13.0 Å². The van der Waals surface area contributed by atoms with E-state index >= 15 is 0 Å². The summed E-state index contributed by atoms with van der Waals surface area (Å²) in [5.74, 6) is -0.270. The number of rotatable bonds is 2. The Morgan fingerprint density at radius 1 is 1.32 bits per heavy atom. The van der Waals surface area contributed by atoms with Gasteiger partial charge in [-0.05, 0) is 31.4 Å². The van der Waals surface area contributed by atoms with Gasteiger partial charge in [0.15, 0.2) is 0 Å². The Kier molecular flexibility index (Phi) is 4.14. The predicted octanol–water partition coefficient (Wildman–Crippen LogP) is 1.42. The van der Waals surface area contributed by atoms with E-state index in [9.17, 15) is 9.59 Å². The maximum atomic E-state index is 12.3. The smallest absolute Gasteiger partial charge is 0.308 e. The molecule has 0 aliphatic carbocycles. The van der Waals surface area contributed by atoms with Crippen LogP contribution in [0.4, 0.5) is 0 Å².